The number of rotatable bonds is 5. The number of hydrogen-bond acceptors (Lipinski definition) is 3. The van der Waals surface area contributed by atoms with E-state index in [-0.39, 0.29) is 11.8 Å². The minimum absolute atomic E-state index is 0.144. The lowest BCUT2D eigenvalue weighted by molar-refractivity contribution is -0.122. The average Bonchev–Trinajstić information content (AvgIpc) is 2.45. The van der Waals surface area contributed by atoms with Crippen LogP contribution < -0.4 is 10.6 Å². The van der Waals surface area contributed by atoms with Crippen LogP contribution in [0.1, 0.15) is 24.8 Å². The van der Waals surface area contributed by atoms with Gasteiger partial charge in [-0.3, -0.25) is 4.79 Å². The second-order valence-electron chi connectivity index (χ2n) is 5.53. The van der Waals surface area contributed by atoms with E-state index in [9.17, 15) is 4.79 Å². The molecule has 2 aromatic rings. The number of benzene rings is 1. The van der Waals surface area contributed by atoms with Crippen LogP contribution in [-0.4, -0.2) is 10.9 Å². The molecule has 2 N–H and O–H groups in total. The van der Waals surface area contributed by atoms with Gasteiger partial charge in [0.1, 0.15) is 5.82 Å². The first-order valence-corrected chi connectivity index (χ1v) is 8.25. The number of hydrogen-bond donors (Lipinski definition) is 2. The van der Waals surface area contributed by atoms with Gasteiger partial charge >= 0.3 is 0 Å². The zero-order valence-electron chi connectivity index (χ0n) is 12.2. The summed E-state index contributed by atoms with van der Waals surface area (Å²) >= 11 is 3.37. The molecule has 1 saturated carbocycles. The molecule has 1 fully saturated rings. The van der Waals surface area contributed by atoms with E-state index in [1.54, 1.807) is 6.20 Å². The Labute approximate surface area is 138 Å². The van der Waals surface area contributed by atoms with Crippen LogP contribution in [0.2, 0.25) is 0 Å². The van der Waals surface area contributed by atoms with Crippen LogP contribution in [0.3, 0.4) is 0 Å². The Kier molecular flexibility index (Phi) is 4.73. The smallest absolute Gasteiger partial charge is 0.227 e. The molecule has 4 nitrogen and oxygen atoms in total. The second kappa shape index (κ2) is 6.92. The van der Waals surface area contributed by atoms with E-state index in [1.165, 1.54) is 6.42 Å². The third kappa shape index (κ3) is 3.85. The largest absolute Gasteiger partial charge is 0.366 e. The fraction of sp³-hybridized carbons (Fsp3) is 0.294. The van der Waals surface area contributed by atoms with E-state index in [1.807, 2.05) is 36.4 Å². The molecule has 0 unspecified atom stereocenters. The molecular weight excluding hydrogens is 342 g/mol. The number of carbonyl (C=O) groups is 1. The Morgan fingerprint density at radius 2 is 2.14 bits per heavy atom. The summed E-state index contributed by atoms with van der Waals surface area (Å²) < 4.78 is 0.957. The van der Waals surface area contributed by atoms with E-state index in [0.717, 1.165) is 34.4 Å². The Morgan fingerprint density at radius 3 is 2.82 bits per heavy atom. The maximum absolute atomic E-state index is 12.0. The van der Waals surface area contributed by atoms with Gasteiger partial charge in [0.15, 0.2) is 0 Å². The van der Waals surface area contributed by atoms with Gasteiger partial charge in [0.2, 0.25) is 5.91 Å². The molecule has 0 bridgehead atoms. The number of pyridine rings is 1. The van der Waals surface area contributed by atoms with Gasteiger partial charge in [0.05, 0.1) is 0 Å². The predicted octanol–water partition coefficient (Wildman–Crippen LogP) is 4.19. The van der Waals surface area contributed by atoms with Crippen molar-refractivity contribution in [3.63, 3.8) is 0 Å². The molecule has 1 aliphatic carbocycles. The van der Waals surface area contributed by atoms with Gasteiger partial charge < -0.3 is 10.6 Å². The zero-order chi connectivity index (χ0) is 15.4. The number of carbonyl (C=O) groups excluding carboxylic acids is 1. The molecule has 3 rings (SSSR count). The van der Waals surface area contributed by atoms with Crippen molar-refractivity contribution in [1.29, 1.82) is 0 Å². The molecule has 1 aromatic carbocycles. The average molecular weight is 360 g/mol. The Morgan fingerprint density at radius 1 is 1.27 bits per heavy atom. The minimum Gasteiger partial charge on any atom is -0.366 e. The first kappa shape index (κ1) is 15.0. The number of aromatic nitrogens is 1. The van der Waals surface area contributed by atoms with Gasteiger partial charge in [-0.05, 0) is 58.6 Å². The molecule has 22 heavy (non-hydrogen) atoms. The molecule has 1 aliphatic rings. The summed E-state index contributed by atoms with van der Waals surface area (Å²) in [6, 6.07) is 11.8. The Balaban J connectivity index is 1.58. The van der Waals surface area contributed by atoms with Gasteiger partial charge in [-0.25, -0.2) is 4.98 Å². The second-order valence-corrected chi connectivity index (χ2v) is 6.45. The monoisotopic (exact) mass is 359 g/mol. The number of nitrogens with zero attached hydrogens (tertiary/aromatic N) is 1. The van der Waals surface area contributed by atoms with Crippen LogP contribution in [0.5, 0.6) is 0 Å². The number of amides is 1. The van der Waals surface area contributed by atoms with Crippen molar-refractivity contribution in [2.45, 2.75) is 25.8 Å². The van der Waals surface area contributed by atoms with E-state index in [4.69, 9.17) is 0 Å². The fourth-order valence-corrected chi connectivity index (χ4v) is 2.58. The molecule has 0 saturated heterocycles. The van der Waals surface area contributed by atoms with Crippen molar-refractivity contribution >= 4 is 33.3 Å². The van der Waals surface area contributed by atoms with Gasteiger partial charge in [-0.1, -0.05) is 18.6 Å². The van der Waals surface area contributed by atoms with E-state index < -0.39 is 0 Å². The van der Waals surface area contributed by atoms with Crippen molar-refractivity contribution in [3.8, 4) is 0 Å². The van der Waals surface area contributed by atoms with Crippen molar-refractivity contribution in [3.05, 3.63) is 52.6 Å². The Bertz CT molecular complexity index is 653. The standard InChI is InChI=1S/C17H18BrN3O/c18-14-7-8-16(20-11-14)19-10-12-3-1-6-15(9-12)21-17(22)13-4-2-5-13/h1,3,6-9,11,13H,2,4-5,10H2,(H,19,20)(H,21,22). The molecule has 0 radical (unpaired) electrons. The topological polar surface area (TPSA) is 54.0 Å². The summed E-state index contributed by atoms with van der Waals surface area (Å²) in [7, 11) is 0. The summed E-state index contributed by atoms with van der Waals surface area (Å²) in [6.07, 6.45) is 4.96. The molecule has 1 amide bonds. The molecule has 1 heterocycles. The van der Waals surface area contributed by atoms with Crippen LogP contribution in [0.25, 0.3) is 0 Å². The third-order valence-electron chi connectivity index (χ3n) is 3.87. The normalized spacial score (nSPS) is 14.2. The molecular formula is C17H18BrN3O. The summed E-state index contributed by atoms with van der Waals surface area (Å²) in [6.45, 7) is 0.668. The first-order chi connectivity index (χ1) is 10.7. The molecule has 114 valence electrons. The minimum atomic E-state index is 0.144. The lowest BCUT2D eigenvalue weighted by Crippen LogP contribution is -2.28. The van der Waals surface area contributed by atoms with E-state index >= 15 is 0 Å². The quantitative estimate of drug-likeness (QED) is 0.841. The van der Waals surface area contributed by atoms with Crippen molar-refractivity contribution in [2.75, 3.05) is 10.6 Å². The zero-order valence-corrected chi connectivity index (χ0v) is 13.8. The maximum atomic E-state index is 12.0. The van der Waals surface area contributed by atoms with Crippen molar-refractivity contribution in [1.82, 2.24) is 4.98 Å². The summed E-state index contributed by atoms with van der Waals surface area (Å²) in [5.74, 6) is 1.17. The molecule has 5 heteroatoms. The molecule has 1 aromatic heterocycles. The van der Waals surface area contributed by atoms with Gasteiger partial charge in [-0.2, -0.15) is 0 Å². The first-order valence-electron chi connectivity index (χ1n) is 7.46. The molecule has 0 spiro atoms. The highest BCUT2D eigenvalue weighted by Crippen LogP contribution is 2.27. The summed E-state index contributed by atoms with van der Waals surface area (Å²) in [4.78, 5) is 16.3. The molecule has 0 aliphatic heterocycles. The maximum Gasteiger partial charge on any atom is 0.227 e. The molecule has 0 atom stereocenters. The van der Waals surface area contributed by atoms with Crippen LogP contribution >= 0.6 is 15.9 Å². The van der Waals surface area contributed by atoms with Crippen molar-refractivity contribution < 1.29 is 4.79 Å². The van der Waals surface area contributed by atoms with Crippen LogP contribution in [0.4, 0.5) is 11.5 Å². The van der Waals surface area contributed by atoms with Crippen LogP contribution in [-0.2, 0) is 11.3 Å². The fourth-order valence-electron chi connectivity index (χ4n) is 2.35. The van der Waals surface area contributed by atoms with Crippen LogP contribution in [0, 0.1) is 5.92 Å². The van der Waals surface area contributed by atoms with Crippen LogP contribution in [0.15, 0.2) is 47.1 Å². The van der Waals surface area contributed by atoms with Crippen molar-refractivity contribution in [2.24, 2.45) is 5.92 Å². The summed E-state index contributed by atoms with van der Waals surface area (Å²) in [5, 5.41) is 6.27. The van der Waals surface area contributed by atoms with Gasteiger partial charge in [-0.15, -0.1) is 0 Å². The highest BCUT2D eigenvalue weighted by molar-refractivity contribution is 9.10. The Hall–Kier alpha value is -1.88. The number of anilines is 2. The van der Waals surface area contributed by atoms with E-state index in [0.29, 0.717) is 6.54 Å². The highest BCUT2D eigenvalue weighted by atomic mass is 79.9. The SMILES string of the molecule is O=C(Nc1cccc(CNc2ccc(Br)cn2)c1)C1CCC1. The number of nitrogens with one attached hydrogen (secondary N) is 2. The van der Waals surface area contributed by atoms with Gasteiger partial charge in [0.25, 0.3) is 0 Å². The van der Waals surface area contributed by atoms with E-state index in [2.05, 4.69) is 31.5 Å². The third-order valence-corrected chi connectivity index (χ3v) is 4.34. The lowest BCUT2D eigenvalue weighted by atomic mass is 9.85. The summed E-state index contributed by atoms with van der Waals surface area (Å²) in [5.41, 5.74) is 1.97. The highest BCUT2D eigenvalue weighted by Gasteiger charge is 2.25. The number of halogens is 1. The van der Waals surface area contributed by atoms with Gasteiger partial charge in [0, 0.05) is 28.8 Å². The lowest BCUT2D eigenvalue weighted by Gasteiger charge is -2.24. The predicted molar refractivity (Wildman–Crippen MR) is 91.7 cm³/mol.